The van der Waals surface area contributed by atoms with E-state index in [-0.39, 0.29) is 5.91 Å². The minimum absolute atomic E-state index is 0.315. The first kappa shape index (κ1) is 24.3. The third-order valence-corrected chi connectivity index (χ3v) is 7.28. The third kappa shape index (κ3) is 5.82. The molecule has 1 amide bonds. The van der Waals surface area contributed by atoms with Crippen molar-refractivity contribution in [2.75, 3.05) is 42.7 Å². The van der Waals surface area contributed by atoms with Crippen LogP contribution in [0.2, 0.25) is 10.0 Å². The summed E-state index contributed by atoms with van der Waals surface area (Å²) in [6.45, 7) is 1.88. The predicted molar refractivity (Wildman–Crippen MR) is 137 cm³/mol. The fraction of sp³-hybridized carbons (Fsp3) is 0.208. The van der Waals surface area contributed by atoms with Gasteiger partial charge in [-0.2, -0.15) is 4.31 Å². The standard InChI is InChI=1S/C24H23Cl2N3O4S/c1-34(31,32)29-14-12-28(13-15-29)22-5-3-2-4-21(22)27-24(30)11-8-18-7-10-23(33-18)19-9-6-17(25)16-20(19)26/h2-11,16H,12-15H2,1H3,(H,27,30). The minimum atomic E-state index is -3.21. The van der Waals surface area contributed by atoms with Crippen LogP contribution in [0.15, 0.2) is 65.1 Å². The normalized spacial score (nSPS) is 15.1. The van der Waals surface area contributed by atoms with Gasteiger partial charge in [-0.15, -0.1) is 0 Å². The van der Waals surface area contributed by atoms with Crippen LogP contribution in [0.4, 0.5) is 11.4 Å². The Morgan fingerprint density at radius 2 is 1.76 bits per heavy atom. The van der Waals surface area contributed by atoms with E-state index in [0.29, 0.717) is 59.0 Å². The van der Waals surface area contributed by atoms with Crippen molar-refractivity contribution in [3.63, 3.8) is 0 Å². The molecule has 0 aliphatic carbocycles. The van der Waals surface area contributed by atoms with Gasteiger partial charge in [-0.25, -0.2) is 8.42 Å². The molecule has 0 spiro atoms. The first-order chi connectivity index (χ1) is 16.2. The largest absolute Gasteiger partial charge is 0.457 e. The zero-order valence-corrected chi connectivity index (χ0v) is 20.7. The number of nitrogens with one attached hydrogen (secondary N) is 1. The van der Waals surface area contributed by atoms with E-state index in [1.165, 1.54) is 16.6 Å². The van der Waals surface area contributed by atoms with Crippen LogP contribution in [-0.2, 0) is 14.8 Å². The van der Waals surface area contributed by atoms with E-state index in [1.54, 1.807) is 36.4 Å². The van der Waals surface area contributed by atoms with Gasteiger partial charge in [-0.1, -0.05) is 35.3 Å². The molecule has 0 unspecified atom stereocenters. The second kappa shape index (κ2) is 10.2. The molecule has 2 heterocycles. The van der Waals surface area contributed by atoms with E-state index in [1.807, 2.05) is 24.3 Å². The summed E-state index contributed by atoms with van der Waals surface area (Å²) in [5, 5.41) is 3.91. The van der Waals surface area contributed by atoms with E-state index >= 15 is 0 Å². The third-order valence-electron chi connectivity index (χ3n) is 5.43. The molecule has 1 N–H and O–H groups in total. The van der Waals surface area contributed by atoms with Crippen molar-refractivity contribution in [3.05, 3.63) is 76.5 Å². The number of carbonyl (C=O) groups excluding carboxylic acids is 1. The molecule has 1 saturated heterocycles. The molecule has 0 bridgehead atoms. The zero-order valence-electron chi connectivity index (χ0n) is 18.4. The summed E-state index contributed by atoms with van der Waals surface area (Å²) in [4.78, 5) is 14.7. The van der Waals surface area contributed by atoms with Gasteiger partial charge in [0.25, 0.3) is 0 Å². The number of sulfonamides is 1. The summed E-state index contributed by atoms with van der Waals surface area (Å²) in [7, 11) is -3.21. The van der Waals surface area contributed by atoms with E-state index in [9.17, 15) is 13.2 Å². The lowest BCUT2D eigenvalue weighted by atomic mass is 10.2. The lowest BCUT2D eigenvalue weighted by Crippen LogP contribution is -2.48. The highest BCUT2D eigenvalue weighted by molar-refractivity contribution is 7.88. The SMILES string of the molecule is CS(=O)(=O)N1CCN(c2ccccc2NC(=O)C=Cc2ccc(-c3ccc(Cl)cc3Cl)o2)CC1. The Balaban J connectivity index is 1.42. The van der Waals surface area contributed by atoms with E-state index in [2.05, 4.69) is 10.2 Å². The molecule has 0 saturated carbocycles. The number of halogens is 2. The zero-order chi connectivity index (χ0) is 24.3. The summed E-state index contributed by atoms with van der Waals surface area (Å²) in [6, 6.07) is 16.1. The molecule has 1 aromatic heterocycles. The molecular formula is C24H23Cl2N3O4S. The van der Waals surface area contributed by atoms with Crippen LogP contribution in [0.5, 0.6) is 0 Å². The first-order valence-corrected chi connectivity index (χ1v) is 13.1. The summed E-state index contributed by atoms with van der Waals surface area (Å²) < 4.78 is 30.8. The number of para-hydroxylation sites is 2. The van der Waals surface area contributed by atoms with Gasteiger partial charge in [0.05, 0.1) is 22.7 Å². The van der Waals surface area contributed by atoms with Crippen LogP contribution < -0.4 is 10.2 Å². The predicted octanol–water partition coefficient (Wildman–Crippen LogP) is 4.99. The van der Waals surface area contributed by atoms with Gasteiger partial charge < -0.3 is 14.6 Å². The van der Waals surface area contributed by atoms with Crippen molar-refractivity contribution in [1.29, 1.82) is 0 Å². The Hall–Kier alpha value is -2.78. The average molecular weight is 520 g/mol. The molecule has 1 aliphatic rings. The molecule has 3 aromatic rings. The number of hydrogen-bond acceptors (Lipinski definition) is 5. The number of nitrogens with zero attached hydrogens (tertiary/aromatic N) is 2. The highest BCUT2D eigenvalue weighted by Gasteiger charge is 2.24. The fourth-order valence-corrected chi connectivity index (χ4v) is 5.05. The number of benzene rings is 2. The molecule has 2 aromatic carbocycles. The fourth-order valence-electron chi connectivity index (χ4n) is 3.72. The maximum Gasteiger partial charge on any atom is 0.248 e. The Morgan fingerprint density at radius 1 is 1.03 bits per heavy atom. The molecule has 34 heavy (non-hydrogen) atoms. The molecule has 0 atom stereocenters. The van der Waals surface area contributed by atoms with Crippen molar-refractivity contribution in [3.8, 4) is 11.3 Å². The maximum atomic E-state index is 12.6. The first-order valence-electron chi connectivity index (χ1n) is 10.5. The lowest BCUT2D eigenvalue weighted by Gasteiger charge is -2.35. The van der Waals surface area contributed by atoms with E-state index in [4.69, 9.17) is 27.6 Å². The Bertz CT molecular complexity index is 1330. The van der Waals surface area contributed by atoms with Crippen LogP contribution in [0.3, 0.4) is 0 Å². The number of anilines is 2. The van der Waals surface area contributed by atoms with Gasteiger partial charge in [-0.3, -0.25) is 4.79 Å². The number of carbonyl (C=O) groups is 1. The van der Waals surface area contributed by atoms with E-state index < -0.39 is 10.0 Å². The summed E-state index contributed by atoms with van der Waals surface area (Å²) >= 11 is 12.2. The highest BCUT2D eigenvalue weighted by atomic mass is 35.5. The second-order valence-electron chi connectivity index (χ2n) is 7.82. The molecule has 1 aliphatic heterocycles. The lowest BCUT2D eigenvalue weighted by molar-refractivity contribution is -0.111. The molecule has 1 fully saturated rings. The quantitative estimate of drug-likeness (QED) is 0.464. The van der Waals surface area contributed by atoms with Gasteiger partial charge in [-0.05, 0) is 48.5 Å². The summed E-state index contributed by atoms with van der Waals surface area (Å²) in [5.41, 5.74) is 2.20. The van der Waals surface area contributed by atoms with Crippen molar-refractivity contribution in [2.24, 2.45) is 0 Å². The molecule has 178 valence electrons. The summed E-state index contributed by atoms with van der Waals surface area (Å²) in [5.74, 6) is 0.756. The molecule has 0 radical (unpaired) electrons. The minimum Gasteiger partial charge on any atom is -0.457 e. The average Bonchev–Trinajstić information content (AvgIpc) is 3.26. The topological polar surface area (TPSA) is 82.9 Å². The second-order valence-corrected chi connectivity index (χ2v) is 10.6. The van der Waals surface area contributed by atoms with Crippen LogP contribution in [0.25, 0.3) is 17.4 Å². The van der Waals surface area contributed by atoms with Gasteiger partial charge in [0.15, 0.2) is 0 Å². The highest BCUT2D eigenvalue weighted by Crippen LogP contribution is 2.32. The smallest absolute Gasteiger partial charge is 0.248 e. The maximum absolute atomic E-state index is 12.6. The number of amides is 1. The Morgan fingerprint density at radius 3 is 2.47 bits per heavy atom. The van der Waals surface area contributed by atoms with Gasteiger partial charge in [0.1, 0.15) is 11.5 Å². The van der Waals surface area contributed by atoms with Gasteiger partial charge in [0, 0.05) is 42.8 Å². The van der Waals surface area contributed by atoms with Crippen molar-refractivity contribution < 1.29 is 17.6 Å². The monoisotopic (exact) mass is 519 g/mol. The van der Waals surface area contributed by atoms with Crippen molar-refractivity contribution in [2.45, 2.75) is 0 Å². The molecule has 10 heteroatoms. The van der Waals surface area contributed by atoms with Crippen LogP contribution in [-0.4, -0.2) is 51.1 Å². The van der Waals surface area contributed by atoms with Crippen LogP contribution in [0.1, 0.15) is 5.76 Å². The summed E-state index contributed by atoms with van der Waals surface area (Å²) in [6.07, 6.45) is 4.19. The van der Waals surface area contributed by atoms with E-state index in [0.717, 1.165) is 5.69 Å². The van der Waals surface area contributed by atoms with Crippen LogP contribution >= 0.6 is 23.2 Å². The molecule has 4 rings (SSSR count). The molecule has 7 nitrogen and oxygen atoms in total. The number of hydrogen-bond donors (Lipinski definition) is 1. The Labute approximate surface area is 208 Å². The van der Waals surface area contributed by atoms with Crippen molar-refractivity contribution in [1.82, 2.24) is 4.31 Å². The van der Waals surface area contributed by atoms with Gasteiger partial charge in [0.2, 0.25) is 15.9 Å². The van der Waals surface area contributed by atoms with Crippen LogP contribution in [0, 0.1) is 0 Å². The number of furan rings is 1. The van der Waals surface area contributed by atoms with Gasteiger partial charge >= 0.3 is 0 Å². The Kier molecular flexibility index (Phi) is 7.33. The van der Waals surface area contributed by atoms with Crippen molar-refractivity contribution >= 4 is 56.6 Å². The number of rotatable bonds is 6. The number of piperazine rings is 1. The molecular weight excluding hydrogens is 497 g/mol.